The Bertz CT molecular complexity index is 441. The van der Waals surface area contributed by atoms with Crippen molar-refractivity contribution in [1.82, 2.24) is 15.6 Å². The predicted molar refractivity (Wildman–Crippen MR) is 74.1 cm³/mol. The number of pyridine rings is 1. The quantitative estimate of drug-likeness (QED) is 0.592. The number of nitrogens with one attached hydrogen (secondary N) is 2. The van der Waals surface area contributed by atoms with Crippen molar-refractivity contribution < 1.29 is 9.59 Å². The van der Waals surface area contributed by atoms with Crippen molar-refractivity contribution in [1.29, 1.82) is 0 Å². The van der Waals surface area contributed by atoms with E-state index in [1.165, 1.54) is 6.08 Å². The fraction of sp³-hybridized carbons (Fsp3) is 0.357. The maximum Gasteiger partial charge on any atom is 0.244 e. The van der Waals surface area contributed by atoms with Gasteiger partial charge in [-0.05, 0) is 17.7 Å². The van der Waals surface area contributed by atoms with Crippen molar-refractivity contribution >= 4 is 17.9 Å². The molecule has 0 aliphatic heterocycles. The molecule has 2 N–H and O–H groups in total. The van der Waals surface area contributed by atoms with Gasteiger partial charge < -0.3 is 10.6 Å². The summed E-state index contributed by atoms with van der Waals surface area (Å²) in [5.74, 6) is -0.246. The number of aromatic nitrogens is 1. The molecular weight excluding hydrogens is 242 g/mol. The summed E-state index contributed by atoms with van der Waals surface area (Å²) in [4.78, 5) is 26.7. The predicted octanol–water partition coefficient (Wildman–Crippen LogP) is 0.983. The Kier molecular flexibility index (Phi) is 6.29. The molecule has 0 radical (unpaired) electrons. The molecule has 0 atom stereocenters. The summed E-state index contributed by atoms with van der Waals surface area (Å²) in [5, 5.41) is 5.41. The van der Waals surface area contributed by atoms with Crippen molar-refractivity contribution in [2.24, 2.45) is 5.92 Å². The lowest BCUT2D eigenvalue weighted by Gasteiger charge is -2.07. The summed E-state index contributed by atoms with van der Waals surface area (Å²) < 4.78 is 0. The van der Waals surface area contributed by atoms with Crippen LogP contribution in [0.25, 0.3) is 6.08 Å². The van der Waals surface area contributed by atoms with Crippen LogP contribution >= 0.6 is 0 Å². The summed E-state index contributed by atoms with van der Waals surface area (Å²) in [6, 6.07) is 3.67. The van der Waals surface area contributed by atoms with Crippen molar-refractivity contribution in [2.45, 2.75) is 13.8 Å². The molecule has 0 bridgehead atoms. The SMILES string of the molecule is CC(C)C(=O)NCCNC(=O)/C=C/c1cccnc1. The summed E-state index contributed by atoms with van der Waals surface area (Å²) in [6.45, 7) is 4.49. The Labute approximate surface area is 113 Å². The summed E-state index contributed by atoms with van der Waals surface area (Å²) in [7, 11) is 0. The number of amides is 2. The molecule has 5 heteroatoms. The van der Waals surface area contributed by atoms with Crippen LogP contribution in [0.4, 0.5) is 0 Å². The molecule has 1 aromatic rings. The smallest absolute Gasteiger partial charge is 0.244 e. The van der Waals surface area contributed by atoms with Gasteiger partial charge in [-0.2, -0.15) is 0 Å². The van der Waals surface area contributed by atoms with Gasteiger partial charge in [0.25, 0.3) is 0 Å². The third kappa shape index (κ3) is 6.35. The van der Waals surface area contributed by atoms with E-state index in [1.807, 2.05) is 19.9 Å². The zero-order valence-corrected chi connectivity index (χ0v) is 11.2. The van der Waals surface area contributed by atoms with Crippen LogP contribution in [0.2, 0.25) is 0 Å². The zero-order chi connectivity index (χ0) is 14.1. The first-order valence-corrected chi connectivity index (χ1v) is 6.23. The van der Waals surface area contributed by atoms with E-state index < -0.39 is 0 Å². The van der Waals surface area contributed by atoms with Gasteiger partial charge >= 0.3 is 0 Å². The first-order chi connectivity index (χ1) is 9.09. The molecule has 0 fully saturated rings. The van der Waals surface area contributed by atoms with Crippen LogP contribution in [0.5, 0.6) is 0 Å². The zero-order valence-electron chi connectivity index (χ0n) is 11.2. The molecule has 0 aliphatic rings. The fourth-order valence-corrected chi connectivity index (χ4v) is 1.28. The van der Waals surface area contributed by atoms with Gasteiger partial charge in [0.05, 0.1) is 0 Å². The van der Waals surface area contributed by atoms with Gasteiger partial charge in [0.1, 0.15) is 0 Å². The highest BCUT2D eigenvalue weighted by Gasteiger charge is 2.04. The molecule has 5 nitrogen and oxygen atoms in total. The van der Waals surface area contributed by atoms with Crippen molar-refractivity contribution in [2.75, 3.05) is 13.1 Å². The van der Waals surface area contributed by atoms with E-state index in [-0.39, 0.29) is 17.7 Å². The minimum absolute atomic E-state index is 0.0137. The van der Waals surface area contributed by atoms with E-state index in [0.29, 0.717) is 13.1 Å². The molecule has 0 aliphatic carbocycles. The molecule has 1 rings (SSSR count). The van der Waals surface area contributed by atoms with Crippen molar-refractivity contribution in [3.05, 3.63) is 36.2 Å². The number of hydrogen-bond donors (Lipinski definition) is 2. The molecule has 0 saturated heterocycles. The number of carbonyl (C=O) groups excluding carboxylic acids is 2. The molecular formula is C14H19N3O2. The Balaban J connectivity index is 2.22. The van der Waals surface area contributed by atoms with Gasteiger partial charge in [-0.15, -0.1) is 0 Å². The molecule has 0 aromatic carbocycles. The van der Waals surface area contributed by atoms with Gasteiger partial charge in [0.2, 0.25) is 11.8 Å². The lowest BCUT2D eigenvalue weighted by Crippen LogP contribution is -2.35. The lowest BCUT2D eigenvalue weighted by atomic mass is 10.2. The first-order valence-electron chi connectivity index (χ1n) is 6.23. The van der Waals surface area contributed by atoms with E-state index >= 15 is 0 Å². The van der Waals surface area contributed by atoms with Gasteiger partial charge in [-0.3, -0.25) is 14.6 Å². The Morgan fingerprint density at radius 1 is 1.32 bits per heavy atom. The molecule has 102 valence electrons. The molecule has 1 aromatic heterocycles. The van der Waals surface area contributed by atoms with Gasteiger partial charge in [0.15, 0.2) is 0 Å². The van der Waals surface area contributed by atoms with E-state index in [2.05, 4.69) is 15.6 Å². The number of hydrogen-bond acceptors (Lipinski definition) is 3. The molecule has 2 amide bonds. The third-order valence-corrected chi connectivity index (χ3v) is 2.36. The molecule has 0 saturated carbocycles. The highest BCUT2D eigenvalue weighted by Crippen LogP contribution is 1.97. The Morgan fingerprint density at radius 2 is 2.05 bits per heavy atom. The van der Waals surface area contributed by atoms with Crippen LogP contribution in [0.3, 0.4) is 0 Å². The normalized spacial score (nSPS) is 10.7. The second kappa shape index (κ2) is 8.02. The lowest BCUT2D eigenvalue weighted by molar-refractivity contribution is -0.124. The standard InChI is InChI=1S/C14H19N3O2/c1-11(2)14(19)17-9-8-16-13(18)6-5-12-4-3-7-15-10-12/h3-7,10-11H,8-9H2,1-2H3,(H,16,18)(H,17,19)/b6-5+. The van der Waals surface area contributed by atoms with Crippen molar-refractivity contribution in [3.63, 3.8) is 0 Å². The van der Waals surface area contributed by atoms with E-state index in [4.69, 9.17) is 0 Å². The topological polar surface area (TPSA) is 71.1 Å². The minimum atomic E-state index is -0.192. The monoisotopic (exact) mass is 261 g/mol. The largest absolute Gasteiger partial charge is 0.354 e. The van der Waals surface area contributed by atoms with Crippen LogP contribution in [0, 0.1) is 5.92 Å². The minimum Gasteiger partial charge on any atom is -0.354 e. The van der Waals surface area contributed by atoms with Crippen LogP contribution in [0.1, 0.15) is 19.4 Å². The van der Waals surface area contributed by atoms with Crippen LogP contribution < -0.4 is 10.6 Å². The molecule has 0 unspecified atom stereocenters. The number of rotatable bonds is 6. The molecule has 19 heavy (non-hydrogen) atoms. The van der Waals surface area contributed by atoms with Gasteiger partial charge in [-0.25, -0.2) is 0 Å². The van der Waals surface area contributed by atoms with E-state index in [0.717, 1.165) is 5.56 Å². The highest BCUT2D eigenvalue weighted by molar-refractivity contribution is 5.91. The Hall–Kier alpha value is -2.17. The van der Waals surface area contributed by atoms with Crippen LogP contribution in [-0.4, -0.2) is 29.9 Å². The maximum absolute atomic E-state index is 11.5. The summed E-state index contributed by atoms with van der Waals surface area (Å²) in [6.07, 6.45) is 6.48. The average molecular weight is 261 g/mol. The van der Waals surface area contributed by atoms with E-state index in [1.54, 1.807) is 24.5 Å². The maximum atomic E-state index is 11.5. The van der Waals surface area contributed by atoms with Crippen LogP contribution in [-0.2, 0) is 9.59 Å². The number of nitrogens with zero attached hydrogens (tertiary/aromatic N) is 1. The Morgan fingerprint density at radius 3 is 2.68 bits per heavy atom. The van der Waals surface area contributed by atoms with Gasteiger partial charge in [0, 0.05) is 37.5 Å². The fourth-order valence-electron chi connectivity index (χ4n) is 1.28. The highest BCUT2D eigenvalue weighted by atomic mass is 16.2. The second-order valence-corrected chi connectivity index (χ2v) is 4.36. The van der Waals surface area contributed by atoms with Gasteiger partial charge in [-0.1, -0.05) is 19.9 Å². The van der Waals surface area contributed by atoms with E-state index in [9.17, 15) is 9.59 Å². The summed E-state index contributed by atoms with van der Waals surface area (Å²) in [5.41, 5.74) is 0.866. The second-order valence-electron chi connectivity index (χ2n) is 4.36. The first kappa shape index (κ1) is 14.9. The third-order valence-electron chi connectivity index (χ3n) is 2.36. The van der Waals surface area contributed by atoms with Crippen LogP contribution in [0.15, 0.2) is 30.6 Å². The molecule has 1 heterocycles. The molecule has 0 spiro atoms. The van der Waals surface area contributed by atoms with Crippen molar-refractivity contribution in [3.8, 4) is 0 Å². The summed E-state index contributed by atoms with van der Waals surface area (Å²) >= 11 is 0. The average Bonchev–Trinajstić information content (AvgIpc) is 2.42. The number of carbonyl (C=O) groups is 2.